The number of carbonyl (C=O) groups excluding carboxylic acids is 1. The summed E-state index contributed by atoms with van der Waals surface area (Å²) >= 11 is 0. The second kappa shape index (κ2) is 6.10. The maximum atomic E-state index is 13.4. The molecule has 2 rings (SSSR count). The van der Waals surface area contributed by atoms with Crippen LogP contribution in [0.3, 0.4) is 0 Å². The van der Waals surface area contributed by atoms with Gasteiger partial charge in [-0.15, -0.1) is 0 Å². The van der Waals surface area contributed by atoms with Gasteiger partial charge in [0, 0.05) is 18.2 Å². The van der Waals surface area contributed by atoms with Crippen molar-refractivity contribution >= 4 is 5.91 Å². The minimum Gasteiger partial charge on any atom is -0.352 e. The Kier molecular flexibility index (Phi) is 4.47. The molecule has 2 atom stereocenters. The molecule has 1 amide bonds. The number of amides is 1. The molecule has 0 radical (unpaired) electrons. The first-order chi connectivity index (χ1) is 9.06. The number of halogens is 2. The van der Waals surface area contributed by atoms with Crippen molar-refractivity contribution < 1.29 is 13.6 Å². The largest absolute Gasteiger partial charge is 0.352 e. The summed E-state index contributed by atoms with van der Waals surface area (Å²) in [5, 5.41) is 6.18. The first-order valence-corrected chi connectivity index (χ1v) is 6.53. The Morgan fingerprint density at radius 1 is 1.47 bits per heavy atom. The molecule has 5 heteroatoms. The number of rotatable bonds is 3. The SMILES string of the molecule is C[C@@H]1NCCC[C@H]1NC(=O)Cc1ccc(F)cc1F. The predicted octanol–water partition coefficient (Wildman–Crippen LogP) is 1.76. The first-order valence-electron chi connectivity index (χ1n) is 6.53. The molecule has 1 aliphatic heterocycles. The molecular formula is C14H18F2N2O. The van der Waals surface area contributed by atoms with Crippen LogP contribution in [-0.4, -0.2) is 24.5 Å². The van der Waals surface area contributed by atoms with Crippen molar-refractivity contribution in [1.82, 2.24) is 10.6 Å². The summed E-state index contributed by atoms with van der Waals surface area (Å²) in [6.07, 6.45) is 1.88. The highest BCUT2D eigenvalue weighted by Crippen LogP contribution is 2.12. The van der Waals surface area contributed by atoms with Crippen molar-refractivity contribution in [2.75, 3.05) is 6.54 Å². The van der Waals surface area contributed by atoms with Gasteiger partial charge in [0.25, 0.3) is 0 Å². The van der Waals surface area contributed by atoms with E-state index in [2.05, 4.69) is 10.6 Å². The van der Waals surface area contributed by atoms with Crippen LogP contribution in [-0.2, 0) is 11.2 Å². The molecule has 19 heavy (non-hydrogen) atoms. The van der Waals surface area contributed by atoms with E-state index < -0.39 is 11.6 Å². The molecular weight excluding hydrogens is 250 g/mol. The van der Waals surface area contributed by atoms with Gasteiger partial charge in [0.1, 0.15) is 11.6 Å². The van der Waals surface area contributed by atoms with E-state index in [0.717, 1.165) is 31.5 Å². The highest BCUT2D eigenvalue weighted by Gasteiger charge is 2.22. The summed E-state index contributed by atoms with van der Waals surface area (Å²) in [7, 11) is 0. The third-order valence-corrected chi connectivity index (χ3v) is 3.47. The average Bonchev–Trinajstić information content (AvgIpc) is 2.36. The van der Waals surface area contributed by atoms with Crippen LogP contribution in [0.15, 0.2) is 18.2 Å². The van der Waals surface area contributed by atoms with Gasteiger partial charge in [-0.3, -0.25) is 4.79 Å². The molecule has 0 aromatic heterocycles. The quantitative estimate of drug-likeness (QED) is 0.877. The molecule has 1 aromatic carbocycles. The summed E-state index contributed by atoms with van der Waals surface area (Å²) in [6.45, 7) is 2.97. The molecule has 0 aliphatic carbocycles. The Bertz CT molecular complexity index is 465. The van der Waals surface area contributed by atoms with E-state index in [0.29, 0.717) is 0 Å². The molecule has 0 saturated carbocycles. The lowest BCUT2D eigenvalue weighted by molar-refractivity contribution is -0.121. The molecule has 2 N–H and O–H groups in total. The van der Waals surface area contributed by atoms with Crippen LogP contribution < -0.4 is 10.6 Å². The van der Waals surface area contributed by atoms with Gasteiger partial charge >= 0.3 is 0 Å². The van der Waals surface area contributed by atoms with E-state index >= 15 is 0 Å². The van der Waals surface area contributed by atoms with Gasteiger partial charge in [-0.25, -0.2) is 8.78 Å². The van der Waals surface area contributed by atoms with E-state index in [1.807, 2.05) is 6.92 Å². The fourth-order valence-corrected chi connectivity index (χ4v) is 2.34. The molecule has 1 aromatic rings. The van der Waals surface area contributed by atoms with Crippen LogP contribution in [0.4, 0.5) is 8.78 Å². The number of hydrogen-bond acceptors (Lipinski definition) is 2. The minimum absolute atomic E-state index is 0.0602. The van der Waals surface area contributed by atoms with Crippen molar-refractivity contribution in [1.29, 1.82) is 0 Å². The van der Waals surface area contributed by atoms with Crippen molar-refractivity contribution in [3.63, 3.8) is 0 Å². The lowest BCUT2D eigenvalue weighted by Gasteiger charge is -2.30. The van der Waals surface area contributed by atoms with Crippen molar-refractivity contribution in [2.24, 2.45) is 0 Å². The zero-order valence-corrected chi connectivity index (χ0v) is 10.9. The van der Waals surface area contributed by atoms with Crippen molar-refractivity contribution in [3.8, 4) is 0 Å². The van der Waals surface area contributed by atoms with Crippen LogP contribution in [0, 0.1) is 11.6 Å². The molecule has 104 valence electrons. The lowest BCUT2D eigenvalue weighted by Crippen LogP contribution is -2.52. The highest BCUT2D eigenvalue weighted by atomic mass is 19.1. The third-order valence-electron chi connectivity index (χ3n) is 3.47. The molecule has 1 aliphatic rings. The van der Waals surface area contributed by atoms with E-state index in [1.54, 1.807) is 0 Å². The average molecular weight is 268 g/mol. The summed E-state index contributed by atoms with van der Waals surface area (Å²) < 4.78 is 26.2. The topological polar surface area (TPSA) is 41.1 Å². The number of benzene rings is 1. The Balaban J connectivity index is 1.93. The van der Waals surface area contributed by atoms with E-state index in [1.165, 1.54) is 6.07 Å². The van der Waals surface area contributed by atoms with Crippen LogP contribution in [0.25, 0.3) is 0 Å². The Morgan fingerprint density at radius 2 is 2.26 bits per heavy atom. The van der Waals surface area contributed by atoms with Crippen molar-refractivity contribution in [3.05, 3.63) is 35.4 Å². The fraction of sp³-hybridized carbons (Fsp3) is 0.500. The van der Waals surface area contributed by atoms with Crippen molar-refractivity contribution in [2.45, 2.75) is 38.3 Å². The summed E-state index contributed by atoms with van der Waals surface area (Å²) in [6, 6.07) is 3.57. The van der Waals surface area contributed by atoms with Gasteiger partial charge in [0.15, 0.2) is 0 Å². The van der Waals surface area contributed by atoms with Gasteiger partial charge in [0.05, 0.1) is 6.42 Å². The first kappa shape index (κ1) is 13.9. The number of piperidine rings is 1. The molecule has 0 bridgehead atoms. The molecule has 0 spiro atoms. The summed E-state index contributed by atoms with van der Waals surface area (Å²) in [5.74, 6) is -1.54. The number of hydrogen-bond donors (Lipinski definition) is 2. The third kappa shape index (κ3) is 3.73. The number of nitrogens with one attached hydrogen (secondary N) is 2. The normalized spacial score (nSPS) is 23.1. The maximum Gasteiger partial charge on any atom is 0.224 e. The number of carbonyl (C=O) groups is 1. The smallest absolute Gasteiger partial charge is 0.224 e. The Hall–Kier alpha value is -1.49. The van der Waals surface area contributed by atoms with E-state index in [9.17, 15) is 13.6 Å². The van der Waals surface area contributed by atoms with Gasteiger partial charge in [0.2, 0.25) is 5.91 Å². The molecule has 1 fully saturated rings. The minimum atomic E-state index is -0.676. The standard InChI is InChI=1S/C14H18F2N2O/c1-9-13(3-2-6-17-9)18-14(19)7-10-4-5-11(15)8-12(10)16/h4-5,8-9,13,17H,2-3,6-7H2,1H3,(H,18,19)/t9-,13+/m0/s1. The van der Waals surface area contributed by atoms with Gasteiger partial charge in [-0.1, -0.05) is 6.07 Å². The highest BCUT2D eigenvalue weighted by molar-refractivity contribution is 5.79. The van der Waals surface area contributed by atoms with Crippen LogP contribution >= 0.6 is 0 Å². The monoisotopic (exact) mass is 268 g/mol. The molecule has 3 nitrogen and oxygen atoms in total. The molecule has 1 saturated heterocycles. The molecule has 0 unspecified atom stereocenters. The zero-order valence-electron chi connectivity index (χ0n) is 10.9. The summed E-state index contributed by atoms with van der Waals surface area (Å²) in [5.41, 5.74) is 0.218. The van der Waals surface area contributed by atoms with Gasteiger partial charge in [-0.2, -0.15) is 0 Å². The zero-order chi connectivity index (χ0) is 13.8. The van der Waals surface area contributed by atoms with Crippen LogP contribution in [0.1, 0.15) is 25.3 Å². The second-order valence-electron chi connectivity index (χ2n) is 4.97. The van der Waals surface area contributed by atoms with Crippen LogP contribution in [0.5, 0.6) is 0 Å². The Morgan fingerprint density at radius 3 is 2.95 bits per heavy atom. The summed E-state index contributed by atoms with van der Waals surface area (Å²) in [4.78, 5) is 11.9. The van der Waals surface area contributed by atoms with Gasteiger partial charge in [-0.05, 0) is 37.9 Å². The van der Waals surface area contributed by atoms with Crippen LogP contribution in [0.2, 0.25) is 0 Å². The Labute approximate surface area is 111 Å². The fourth-order valence-electron chi connectivity index (χ4n) is 2.34. The molecule has 1 heterocycles. The van der Waals surface area contributed by atoms with E-state index in [-0.39, 0.29) is 30.0 Å². The van der Waals surface area contributed by atoms with Gasteiger partial charge < -0.3 is 10.6 Å². The van der Waals surface area contributed by atoms with E-state index in [4.69, 9.17) is 0 Å². The second-order valence-corrected chi connectivity index (χ2v) is 4.97. The predicted molar refractivity (Wildman–Crippen MR) is 68.7 cm³/mol. The maximum absolute atomic E-state index is 13.4. The lowest BCUT2D eigenvalue weighted by atomic mass is 9.99.